The molecule has 0 atom stereocenters. The normalized spacial score (nSPS) is 16.6. The number of nitrogens with zero attached hydrogens (tertiary/aromatic N) is 3. The molecule has 1 aromatic heterocycles. The van der Waals surface area contributed by atoms with Crippen molar-refractivity contribution in [2.24, 2.45) is 0 Å². The Kier molecular flexibility index (Phi) is 5.35. The van der Waals surface area contributed by atoms with Gasteiger partial charge in [-0.15, -0.1) is 0 Å². The zero-order chi connectivity index (χ0) is 14.5. The molecule has 1 aliphatic rings. The Bertz CT molecular complexity index is 424. The summed E-state index contributed by atoms with van der Waals surface area (Å²) in [6, 6.07) is 0.646. The van der Waals surface area contributed by atoms with Gasteiger partial charge in [-0.3, -0.25) is 0 Å². The molecule has 20 heavy (non-hydrogen) atoms. The maximum atomic E-state index is 4.76. The van der Waals surface area contributed by atoms with Crippen molar-refractivity contribution in [3.05, 3.63) is 17.7 Å². The molecule has 1 saturated carbocycles. The van der Waals surface area contributed by atoms with E-state index in [1.54, 1.807) is 0 Å². The minimum Gasteiger partial charge on any atom is -0.369 e. The van der Waals surface area contributed by atoms with Gasteiger partial charge in [-0.25, -0.2) is 9.97 Å². The van der Waals surface area contributed by atoms with Crippen LogP contribution in [0.3, 0.4) is 0 Å². The third kappa shape index (κ3) is 3.48. The lowest BCUT2D eigenvalue weighted by Crippen LogP contribution is -2.34. The van der Waals surface area contributed by atoms with Gasteiger partial charge in [0.05, 0.1) is 17.6 Å². The first-order chi connectivity index (χ1) is 9.63. The topological polar surface area (TPSA) is 41.1 Å². The molecule has 1 fully saturated rings. The third-order valence-electron chi connectivity index (χ3n) is 4.23. The maximum Gasteiger partial charge on any atom is 0.131 e. The van der Waals surface area contributed by atoms with Crippen molar-refractivity contribution in [2.45, 2.75) is 64.5 Å². The van der Waals surface area contributed by atoms with Crippen LogP contribution in [-0.4, -0.2) is 30.1 Å². The van der Waals surface area contributed by atoms with Crippen molar-refractivity contribution in [3.8, 4) is 0 Å². The van der Waals surface area contributed by atoms with E-state index in [1.165, 1.54) is 37.8 Å². The van der Waals surface area contributed by atoms with Crippen LogP contribution in [0.5, 0.6) is 0 Å². The first-order valence-corrected chi connectivity index (χ1v) is 7.86. The minimum atomic E-state index is 0.375. The van der Waals surface area contributed by atoms with Crippen molar-refractivity contribution in [1.82, 2.24) is 15.3 Å². The summed E-state index contributed by atoms with van der Waals surface area (Å²) in [5.74, 6) is 1.32. The lowest BCUT2D eigenvalue weighted by molar-refractivity contribution is 0.426. The summed E-state index contributed by atoms with van der Waals surface area (Å²) >= 11 is 0. The van der Waals surface area contributed by atoms with E-state index in [2.05, 4.69) is 36.1 Å². The van der Waals surface area contributed by atoms with Gasteiger partial charge in [0.25, 0.3) is 0 Å². The molecule has 0 radical (unpaired) electrons. The summed E-state index contributed by atoms with van der Waals surface area (Å²) in [6.45, 7) is 5.08. The summed E-state index contributed by atoms with van der Waals surface area (Å²) in [5.41, 5.74) is 2.31. The molecular formula is C16H28N4. The highest BCUT2D eigenvalue weighted by Gasteiger charge is 2.21. The molecule has 1 aliphatic carbocycles. The predicted molar refractivity (Wildman–Crippen MR) is 84.2 cm³/mol. The van der Waals surface area contributed by atoms with Crippen LogP contribution >= 0.6 is 0 Å². The van der Waals surface area contributed by atoms with Crippen molar-refractivity contribution in [3.63, 3.8) is 0 Å². The minimum absolute atomic E-state index is 0.375. The molecule has 0 bridgehead atoms. The SMILES string of the molecule is CNCc1nc(C(C)C)ncc1N(C)C1CCCCC1. The van der Waals surface area contributed by atoms with Gasteiger partial charge < -0.3 is 10.2 Å². The predicted octanol–water partition coefficient (Wildman–Crippen LogP) is 3.09. The second kappa shape index (κ2) is 7.02. The van der Waals surface area contributed by atoms with E-state index >= 15 is 0 Å². The van der Waals surface area contributed by atoms with Gasteiger partial charge in [0.2, 0.25) is 0 Å². The monoisotopic (exact) mass is 276 g/mol. The van der Waals surface area contributed by atoms with E-state index in [-0.39, 0.29) is 0 Å². The molecule has 112 valence electrons. The number of anilines is 1. The zero-order valence-corrected chi connectivity index (χ0v) is 13.3. The summed E-state index contributed by atoms with van der Waals surface area (Å²) in [4.78, 5) is 11.7. The lowest BCUT2D eigenvalue weighted by Gasteiger charge is -2.33. The number of hydrogen-bond acceptors (Lipinski definition) is 4. The van der Waals surface area contributed by atoms with Crippen molar-refractivity contribution < 1.29 is 0 Å². The Hall–Kier alpha value is -1.16. The molecule has 0 unspecified atom stereocenters. The fraction of sp³-hybridized carbons (Fsp3) is 0.750. The van der Waals surface area contributed by atoms with Gasteiger partial charge in [-0.1, -0.05) is 33.1 Å². The second-order valence-corrected chi connectivity index (χ2v) is 6.15. The van der Waals surface area contributed by atoms with Crippen LogP contribution in [0, 0.1) is 0 Å². The van der Waals surface area contributed by atoms with Crippen LogP contribution in [0.25, 0.3) is 0 Å². The molecule has 4 heteroatoms. The molecule has 0 aliphatic heterocycles. The zero-order valence-electron chi connectivity index (χ0n) is 13.3. The van der Waals surface area contributed by atoms with Gasteiger partial charge in [0.15, 0.2) is 0 Å². The van der Waals surface area contributed by atoms with Gasteiger partial charge in [-0.05, 0) is 19.9 Å². The highest BCUT2D eigenvalue weighted by Crippen LogP contribution is 2.28. The summed E-state index contributed by atoms with van der Waals surface area (Å²) in [5, 5.41) is 3.23. The number of rotatable bonds is 5. The Labute approximate surface area is 123 Å². The summed E-state index contributed by atoms with van der Waals surface area (Å²) < 4.78 is 0. The third-order valence-corrected chi connectivity index (χ3v) is 4.23. The number of hydrogen-bond donors (Lipinski definition) is 1. The lowest BCUT2D eigenvalue weighted by atomic mass is 9.94. The van der Waals surface area contributed by atoms with E-state index in [9.17, 15) is 0 Å². The summed E-state index contributed by atoms with van der Waals surface area (Å²) in [7, 11) is 4.17. The van der Waals surface area contributed by atoms with Crippen LogP contribution in [0.4, 0.5) is 5.69 Å². The molecule has 1 aromatic rings. The van der Waals surface area contributed by atoms with E-state index < -0.39 is 0 Å². The van der Waals surface area contributed by atoms with Crippen molar-refractivity contribution in [2.75, 3.05) is 19.0 Å². The van der Waals surface area contributed by atoms with E-state index in [0.29, 0.717) is 12.0 Å². The molecular weight excluding hydrogens is 248 g/mol. The smallest absolute Gasteiger partial charge is 0.131 e. The highest BCUT2D eigenvalue weighted by atomic mass is 15.2. The van der Waals surface area contributed by atoms with Gasteiger partial charge >= 0.3 is 0 Å². The van der Waals surface area contributed by atoms with Crippen LogP contribution in [0.2, 0.25) is 0 Å². The average Bonchev–Trinajstić information content (AvgIpc) is 2.47. The molecule has 0 aromatic carbocycles. The Morgan fingerprint density at radius 3 is 2.60 bits per heavy atom. The molecule has 4 nitrogen and oxygen atoms in total. The Morgan fingerprint density at radius 1 is 1.30 bits per heavy atom. The second-order valence-electron chi connectivity index (χ2n) is 6.15. The first-order valence-electron chi connectivity index (χ1n) is 7.86. The van der Waals surface area contributed by atoms with Gasteiger partial charge in [-0.2, -0.15) is 0 Å². The first kappa shape index (κ1) is 15.2. The molecule has 0 spiro atoms. The van der Waals surface area contributed by atoms with Crippen molar-refractivity contribution >= 4 is 5.69 Å². The van der Waals surface area contributed by atoms with Crippen LogP contribution in [0.1, 0.15) is 63.4 Å². The standard InChI is InChI=1S/C16H28N4/c1-12(2)16-18-11-15(14(19-16)10-17-3)20(4)13-8-6-5-7-9-13/h11-13,17H,5-10H2,1-4H3. The van der Waals surface area contributed by atoms with E-state index in [4.69, 9.17) is 4.98 Å². The molecule has 0 amide bonds. The fourth-order valence-electron chi connectivity index (χ4n) is 2.96. The van der Waals surface area contributed by atoms with Crippen LogP contribution < -0.4 is 10.2 Å². The Morgan fingerprint density at radius 2 is 2.00 bits per heavy atom. The molecule has 0 saturated heterocycles. The quantitative estimate of drug-likeness (QED) is 0.897. The summed E-state index contributed by atoms with van der Waals surface area (Å²) in [6.07, 6.45) is 8.69. The Balaban J connectivity index is 2.24. The van der Waals surface area contributed by atoms with Crippen molar-refractivity contribution in [1.29, 1.82) is 0 Å². The number of aromatic nitrogens is 2. The maximum absolute atomic E-state index is 4.76. The number of nitrogens with one attached hydrogen (secondary N) is 1. The van der Waals surface area contributed by atoms with Gasteiger partial charge in [0, 0.05) is 25.6 Å². The molecule has 2 rings (SSSR count). The highest BCUT2D eigenvalue weighted by molar-refractivity contribution is 5.49. The molecule has 1 N–H and O–H groups in total. The largest absolute Gasteiger partial charge is 0.369 e. The van der Waals surface area contributed by atoms with E-state index in [1.807, 2.05) is 13.2 Å². The van der Waals surface area contributed by atoms with Crippen LogP contribution in [0.15, 0.2) is 6.20 Å². The average molecular weight is 276 g/mol. The van der Waals surface area contributed by atoms with Gasteiger partial charge in [0.1, 0.15) is 5.82 Å². The molecule has 1 heterocycles. The van der Waals surface area contributed by atoms with E-state index in [0.717, 1.165) is 18.1 Å². The fourth-order valence-corrected chi connectivity index (χ4v) is 2.96. The van der Waals surface area contributed by atoms with Crippen LogP contribution in [-0.2, 0) is 6.54 Å².